The predicted molar refractivity (Wildman–Crippen MR) is 191 cm³/mol. The number of aromatic nitrogens is 3. The van der Waals surface area contributed by atoms with Crippen LogP contribution in [0.4, 0.5) is 11.8 Å². The van der Waals surface area contributed by atoms with Gasteiger partial charge in [-0.3, -0.25) is 4.90 Å². The minimum Gasteiger partial charge on any atom is -0.378 e. The van der Waals surface area contributed by atoms with E-state index < -0.39 is 10.0 Å². The normalized spacial score (nSPS) is 17.0. The van der Waals surface area contributed by atoms with Crippen LogP contribution in [0.1, 0.15) is 16.0 Å². The first-order valence-electron chi connectivity index (χ1n) is 15.3. The molecule has 47 heavy (non-hydrogen) atoms. The number of sulfonamides is 1. The van der Waals surface area contributed by atoms with Crippen molar-refractivity contribution in [2.75, 3.05) is 69.1 Å². The molecule has 0 aliphatic carbocycles. The van der Waals surface area contributed by atoms with E-state index in [0.717, 1.165) is 62.6 Å². The number of anilines is 2. The van der Waals surface area contributed by atoms with Crippen LogP contribution in [0.3, 0.4) is 0 Å². The molecule has 7 rings (SSSR count). The van der Waals surface area contributed by atoms with Crippen molar-refractivity contribution < 1.29 is 13.2 Å². The molecule has 11 nitrogen and oxygen atoms in total. The smallest absolute Gasteiger partial charge is 0.246 e. The molecule has 0 atom stereocenters. The molecule has 5 aromatic rings. The summed E-state index contributed by atoms with van der Waals surface area (Å²) in [4.78, 5) is 15.4. The first-order valence-corrected chi connectivity index (χ1v) is 18.7. The highest BCUT2D eigenvalue weighted by Gasteiger charge is 2.25. The van der Waals surface area contributed by atoms with Crippen LogP contribution in [0.15, 0.2) is 59.8 Å². The Bertz CT molecular complexity index is 2050. The van der Waals surface area contributed by atoms with Gasteiger partial charge in [-0.05, 0) is 29.8 Å². The summed E-state index contributed by atoms with van der Waals surface area (Å²) < 4.78 is 34.2. The molecule has 0 spiro atoms. The van der Waals surface area contributed by atoms with Gasteiger partial charge < -0.3 is 14.2 Å². The number of benzene rings is 2. The molecule has 246 valence electrons. The zero-order valence-electron chi connectivity index (χ0n) is 25.8. The second kappa shape index (κ2) is 13.7. The third kappa shape index (κ3) is 7.26. The van der Waals surface area contributed by atoms with Gasteiger partial charge in [0.25, 0.3) is 0 Å². The lowest BCUT2D eigenvalue weighted by Crippen LogP contribution is -2.47. The number of para-hydroxylation sites is 1. The Balaban J connectivity index is 1.13. The summed E-state index contributed by atoms with van der Waals surface area (Å²) in [6, 6.07) is 16.0. The number of morpholine rings is 1. The summed E-state index contributed by atoms with van der Waals surface area (Å²) >= 11 is 14.1. The summed E-state index contributed by atoms with van der Waals surface area (Å²) in [6.07, 6.45) is 5.14. The average molecular weight is 714 g/mol. The SMILES string of the molecule is CS(=O)(=O)N1CCN(Cc2cc3nc(N/N=C/c4cn(Cc5ccc(Cl)c(Cl)c5)c5ccccc45)nc(N4CCOCC4)c3s2)CC1. The van der Waals surface area contributed by atoms with Gasteiger partial charge in [-0.1, -0.05) is 47.5 Å². The number of thiophene rings is 1. The number of hydrogen-bond donors (Lipinski definition) is 1. The maximum atomic E-state index is 11.9. The monoisotopic (exact) mass is 712 g/mol. The molecule has 2 aliphatic heterocycles. The highest BCUT2D eigenvalue weighted by atomic mass is 35.5. The molecular formula is C32H34Cl2N8O3S2. The molecule has 15 heteroatoms. The van der Waals surface area contributed by atoms with E-state index in [9.17, 15) is 8.42 Å². The molecular weight excluding hydrogens is 679 g/mol. The standard InChI is InChI=1S/C32H34Cl2N8O3S2/c1-47(43,44)42-10-8-39(9-11-42)21-24-17-28-30(46-24)31(40-12-14-45-15-13-40)37-32(36-28)38-35-18-23-20-41(29-5-3-2-4-25(23)29)19-22-6-7-26(33)27(34)16-22/h2-7,16-18,20H,8-15,19,21H2,1H3,(H,36,37,38)/b35-18+. The maximum absolute atomic E-state index is 11.9. The Morgan fingerprint density at radius 3 is 2.53 bits per heavy atom. The van der Waals surface area contributed by atoms with Crippen molar-refractivity contribution in [3.05, 3.63) is 80.8 Å². The first-order chi connectivity index (χ1) is 22.7. The van der Waals surface area contributed by atoms with E-state index in [4.69, 9.17) is 37.9 Å². The topological polar surface area (TPSA) is 108 Å². The van der Waals surface area contributed by atoms with Crippen LogP contribution >= 0.6 is 34.5 Å². The zero-order chi connectivity index (χ0) is 32.5. The van der Waals surface area contributed by atoms with E-state index in [1.807, 2.05) is 30.3 Å². The molecule has 3 aromatic heterocycles. The fourth-order valence-electron chi connectivity index (χ4n) is 6.02. The average Bonchev–Trinajstić information content (AvgIpc) is 3.63. The van der Waals surface area contributed by atoms with Gasteiger partial charge in [0, 0.05) is 79.9 Å². The molecule has 0 bridgehead atoms. The van der Waals surface area contributed by atoms with E-state index in [1.54, 1.807) is 21.9 Å². The fraction of sp³-hybridized carbons (Fsp3) is 0.344. The summed E-state index contributed by atoms with van der Waals surface area (Å²) in [5.41, 5.74) is 7.03. The van der Waals surface area contributed by atoms with Gasteiger partial charge in [-0.25, -0.2) is 18.8 Å². The third-order valence-electron chi connectivity index (χ3n) is 8.42. The van der Waals surface area contributed by atoms with E-state index in [2.05, 4.69) is 49.3 Å². The highest BCUT2D eigenvalue weighted by molar-refractivity contribution is 7.88. The summed E-state index contributed by atoms with van der Waals surface area (Å²) in [5.74, 6) is 1.29. The molecule has 2 fully saturated rings. The van der Waals surface area contributed by atoms with Crippen molar-refractivity contribution in [1.82, 2.24) is 23.7 Å². The Hall–Kier alpha value is -3.30. The quantitative estimate of drug-likeness (QED) is 0.161. The Kier molecular flexibility index (Phi) is 9.38. The van der Waals surface area contributed by atoms with Crippen LogP contribution in [0.5, 0.6) is 0 Å². The number of nitrogens with one attached hydrogen (secondary N) is 1. The Morgan fingerprint density at radius 2 is 1.77 bits per heavy atom. The van der Waals surface area contributed by atoms with Crippen LogP contribution < -0.4 is 10.3 Å². The van der Waals surface area contributed by atoms with Gasteiger partial charge in [0.05, 0.1) is 45.9 Å². The van der Waals surface area contributed by atoms with Crippen LogP contribution in [-0.4, -0.2) is 97.1 Å². The largest absolute Gasteiger partial charge is 0.378 e. The molecule has 0 radical (unpaired) electrons. The number of hydrogen-bond acceptors (Lipinski definition) is 10. The summed E-state index contributed by atoms with van der Waals surface area (Å²) in [6.45, 7) is 6.52. The van der Waals surface area contributed by atoms with Crippen molar-refractivity contribution in [1.29, 1.82) is 0 Å². The molecule has 0 saturated carbocycles. The number of nitrogens with zero attached hydrogens (tertiary/aromatic N) is 7. The summed E-state index contributed by atoms with van der Waals surface area (Å²) in [7, 11) is -3.17. The second-order valence-electron chi connectivity index (χ2n) is 11.7. The van der Waals surface area contributed by atoms with Crippen LogP contribution in [0, 0.1) is 0 Å². The lowest BCUT2D eigenvalue weighted by atomic mass is 10.2. The number of ether oxygens (including phenoxy) is 1. The maximum Gasteiger partial charge on any atom is 0.246 e. The molecule has 2 aromatic carbocycles. The van der Waals surface area contributed by atoms with E-state index in [1.165, 1.54) is 6.26 Å². The van der Waals surface area contributed by atoms with Crippen molar-refractivity contribution in [2.24, 2.45) is 5.10 Å². The summed E-state index contributed by atoms with van der Waals surface area (Å²) in [5, 5.41) is 6.71. The van der Waals surface area contributed by atoms with E-state index in [-0.39, 0.29) is 0 Å². The number of rotatable bonds is 9. The predicted octanol–water partition coefficient (Wildman–Crippen LogP) is 5.36. The van der Waals surface area contributed by atoms with E-state index in [0.29, 0.717) is 61.9 Å². The van der Waals surface area contributed by atoms with Gasteiger partial charge in [-0.2, -0.15) is 14.4 Å². The van der Waals surface area contributed by atoms with Crippen molar-refractivity contribution in [2.45, 2.75) is 13.1 Å². The number of hydrazone groups is 1. The van der Waals surface area contributed by atoms with Crippen molar-refractivity contribution in [3.8, 4) is 0 Å². The second-order valence-corrected chi connectivity index (χ2v) is 15.6. The molecule has 5 heterocycles. The molecule has 0 amide bonds. The number of halogens is 2. The number of piperazine rings is 1. The van der Waals surface area contributed by atoms with Crippen LogP contribution in [-0.2, 0) is 27.8 Å². The Morgan fingerprint density at radius 1 is 0.979 bits per heavy atom. The van der Waals surface area contributed by atoms with Gasteiger partial charge in [0.15, 0.2) is 5.82 Å². The highest BCUT2D eigenvalue weighted by Crippen LogP contribution is 2.34. The van der Waals surface area contributed by atoms with Crippen LogP contribution in [0.2, 0.25) is 10.0 Å². The van der Waals surface area contributed by atoms with Gasteiger partial charge in [0.1, 0.15) is 0 Å². The lowest BCUT2D eigenvalue weighted by molar-refractivity contribution is 0.122. The van der Waals surface area contributed by atoms with Gasteiger partial charge >= 0.3 is 0 Å². The third-order valence-corrected chi connectivity index (χ3v) is 11.6. The number of fused-ring (bicyclic) bond motifs is 2. The van der Waals surface area contributed by atoms with Gasteiger partial charge in [0.2, 0.25) is 16.0 Å². The van der Waals surface area contributed by atoms with Crippen molar-refractivity contribution >= 4 is 83.7 Å². The Labute approximate surface area is 287 Å². The minimum atomic E-state index is -3.17. The van der Waals surface area contributed by atoms with Crippen molar-refractivity contribution in [3.63, 3.8) is 0 Å². The first kappa shape index (κ1) is 32.3. The van der Waals surface area contributed by atoms with Crippen LogP contribution in [0.25, 0.3) is 21.1 Å². The molecule has 1 N–H and O–H groups in total. The van der Waals surface area contributed by atoms with Gasteiger partial charge in [-0.15, -0.1) is 11.3 Å². The zero-order valence-corrected chi connectivity index (χ0v) is 28.9. The molecule has 2 aliphatic rings. The molecule has 0 unspecified atom stereocenters. The van der Waals surface area contributed by atoms with E-state index >= 15 is 0 Å². The minimum absolute atomic E-state index is 0.418. The molecule has 2 saturated heterocycles. The fourth-order valence-corrected chi connectivity index (χ4v) is 8.33. The lowest BCUT2D eigenvalue weighted by Gasteiger charge is -2.32.